The van der Waals surface area contributed by atoms with Crippen molar-refractivity contribution >= 4 is 40.0 Å². The molecule has 1 amide bonds. The van der Waals surface area contributed by atoms with Gasteiger partial charge in [-0.1, -0.05) is 11.6 Å². The summed E-state index contributed by atoms with van der Waals surface area (Å²) in [6, 6.07) is 5.80. The van der Waals surface area contributed by atoms with Crippen LogP contribution in [0.25, 0.3) is 10.8 Å². The van der Waals surface area contributed by atoms with Crippen LogP contribution in [0.4, 0.5) is 16.3 Å². The first-order chi connectivity index (χ1) is 11.8. The number of piperazine rings is 1. The molecule has 1 saturated heterocycles. The molecule has 134 valence electrons. The Balaban J connectivity index is 1.85. The molecule has 0 spiro atoms. The van der Waals surface area contributed by atoms with Gasteiger partial charge >= 0.3 is 6.09 Å². The van der Waals surface area contributed by atoms with Crippen LogP contribution in [-0.4, -0.2) is 42.9 Å². The van der Waals surface area contributed by atoms with Gasteiger partial charge < -0.3 is 15.0 Å². The lowest BCUT2D eigenvalue weighted by atomic mass is 10.1. The van der Waals surface area contributed by atoms with Crippen molar-refractivity contribution in [3.8, 4) is 0 Å². The molecular weight excluding hydrogens is 340 g/mol. The molecule has 1 aromatic carbocycles. The minimum Gasteiger partial charge on any atom is -0.444 e. The molecule has 0 radical (unpaired) electrons. The second-order valence-electron chi connectivity index (χ2n) is 7.08. The lowest BCUT2D eigenvalue weighted by molar-refractivity contribution is 0.0635. The molecule has 2 heterocycles. The molecule has 0 unspecified atom stereocenters. The highest BCUT2D eigenvalue weighted by molar-refractivity contribution is 6.34. The van der Waals surface area contributed by atoms with Crippen molar-refractivity contribution in [2.45, 2.75) is 26.4 Å². The Hall–Kier alpha value is -2.05. The maximum atomic E-state index is 11.9. The van der Waals surface area contributed by atoms with Crippen molar-refractivity contribution in [3.63, 3.8) is 0 Å². The molecule has 0 saturated carbocycles. The van der Waals surface area contributed by atoms with Gasteiger partial charge in [0, 0.05) is 37.8 Å². The van der Waals surface area contributed by atoms with Crippen LogP contribution in [0.5, 0.6) is 0 Å². The number of aromatic nitrogens is 1. The second-order valence-corrected chi connectivity index (χ2v) is 7.49. The third-order valence-corrected chi connectivity index (χ3v) is 4.18. The molecular formula is C18H23ClN4O2. The number of benzene rings is 1. The van der Waals surface area contributed by atoms with E-state index in [1.807, 2.05) is 39.0 Å². The maximum absolute atomic E-state index is 11.9. The molecule has 2 aromatic rings. The zero-order chi connectivity index (χ0) is 18.0. The van der Waals surface area contributed by atoms with E-state index in [0.717, 1.165) is 42.6 Å². The summed E-state index contributed by atoms with van der Waals surface area (Å²) in [4.78, 5) is 18.5. The van der Waals surface area contributed by atoms with Crippen LogP contribution in [0.15, 0.2) is 24.4 Å². The highest BCUT2D eigenvalue weighted by atomic mass is 35.5. The van der Waals surface area contributed by atoms with Gasteiger partial charge in [-0.05, 0) is 44.4 Å². The van der Waals surface area contributed by atoms with Crippen LogP contribution in [-0.2, 0) is 4.74 Å². The summed E-state index contributed by atoms with van der Waals surface area (Å²) in [6.07, 6.45) is 1.19. The molecule has 7 heteroatoms. The van der Waals surface area contributed by atoms with Gasteiger partial charge in [-0.3, -0.25) is 5.32 Å². The number of halogens is 1. The first kappa shape index (κ1) is 17.8. The van der Waals surface area contributed by atoms with Gasteiger partial charge in [0.1, 0.15) is 11.4 Å². The lowest BCUT2D eigenvalue weighted by Gasteiger charge is -2.30. The number of hydrogen-bond acceptors (Lipinski definition) is 5. The van der Waals surface area contributed by atoms with E-state index in [4.69, 9.17) is 16.3 Å². The first-order valence-electron chi connectivity index (χ1n) is 8.37. The monoisotopic (exact) mass is 362 g/mol. The predicted molar refractivity (Wildman–Crippen MR) is 102 cm³/mol. The van der Waals surface area contributed by atoms with Crippen LogP contribution >= 0.6 is 11.6 Å². The Labute approximate surface area is 152 Å². The third kappa shape index (κ3) is 4.52. The Bertz CT molecular complexity index is 782. The molecule has 1 aromatic heterocycles. The quantitative estimate of drug-likeness (QED) is 0.853. The average Bonchev–Trinajstić information content (AvgIpc) is 2.53. The topological polar surface area (TPSA) is 66.5 Å². The molecule has 0 bridgehead atoms. The van der Waals surface area contributed by atoms with Gasteiger partial charge in [0.15, 0.2) is 0 Å². The van der Waals surface area contributed by atoms with Crippen molar-refractivity contribution in [1.29, 1.82) is 0 Å². The largest absolute Gasteiger partial charge is 0.444 e. The SMILES string of the molecule is CC(C)(C)OC(=O)Nc1cc2cc(N3CCNCC3)c(Cl)cc2cn1. The maximum Gasteiger partial charge on any atom is 0.413 e. The lowest BCUT2D eigenvalue weighted by Crippen LogP contribution is -2.43. The van der Waals surface area contributed by atoms with Crippen LogP contribution in [0.2, 0.25) is 5.02 Å². The highest BCUT2D eigenvalue weighted by Crippen LogP contribution is 2.32. The van der Waals surface area contributed by atoms with E-state index < -0.39 is 11.7 Å². The number of rotatable bonds is 2. The van der Waals surface area contributed by atoms with Crippen LogP contribution in [0, 0.1) is 0 Å². The van der Waals surface area contributed by atoms with Crippen molar-refractivity contribution in [2.24, 2.45) is 0 Å². The van der Waals surface area contributed by atoms with Crippen molar-refractivity contribution in [3.05, 3.63) is 29.4 Å². The smallest absolute Gasteiger partial charge is 0.413 e. The van der Waals surface area contributed by atoms with Crippen LogP contribution in [0.1, 0.15) is 20.8 Å². The summed E-state index contributed by atoms with van der Waals surface area (Å²) >= 11 is 6.45. The van der Waals surface area contributed by atoms with E-state index in [0.29, 0.717) is 10.8 Å². The normalized spacial score (nSPS) is 15.3. The summed E-state index contributed by atoms with van der Waals surface area (Å²) in [5, 5.41) is 8.62. The number of pyridine rings is 1. The number of nitrogens with one attached hydrogen (secondary N) is 2. The Morgan fingerprint density at radius 1 is 1.24 bits per heavy atom. The molecule has 3 rings (SSSR count). The minimum absolute atomic E-state index is 0.454. The Morgan fingerprint density at radius 2 is 1.96 bits per heavy atom. The van der Waals surface area contributed by atoms with E-state index >= 15 is 0 Å². The van der Waals surface area contributed by atoms with E-state index in [-0.39, 0.29) is 0 Å². The number of fused-ring (bicyclic) bond motifs is 1. The predicted octanol–water partition coefficient (Wildman–Crippen LogP) is 3.64. The van der Waals surface area contributed by atoms with Gasteiger partial charge in [0.25, 0.3) is 0 Å². The van der Waals surface area contributed by atoms with E-state index in [1.165, 1.54) is 0 Å². The van der Waals surface area contributed by atoms with Crippen molar-refractivity contribution in [1.82, 2.24) is 10.3 Å². The molecule has 6 nitrogen and oxygen atoms in total. The minimum atomic E-state index is -0.552. The van der Waals surface area contributed by atoms with Gasteiger partial charge in [-0.25, -0.2) is 9.78 Å². The molecule has 0 aliphatic carbocycles. The average molecular weight is 363 g/mol. The molecule has 1 aliphatic rings. The fourth-order valence-electron chi connectivity index (χ4n) is 2.78. The van der Waals surface area contributed by atoms with Crippen molar-refractivity contribution < 1.29 is 9.53 Å². The summed E-state index contributed by atoms with van der Waals surface area (Å²) in [5.41, 5.74) is 0.453. The molecule has 2 N–H and O–H groups in total. The fourth-order valence-corrected chi connectivity index (χ4v) is 3.07. The van der Waals surface area contributed by atoms with E-state index in [2.05, 4.69) is 20.5 Å². The Morgan fingerprint density at radius 3 is 2.64 bits per heavy atom. The van der Waals surface area contributed by atoms with Gasteiger partial charge in [0.2, 0.25) is 0 Å². The number of amides is 1. The van der Waals surface area contributed by atoms with Gasteiger partial charge in [-0.2, -0.15) is 0 Å². The van der Waals surface area contributed by atoms with Crippen molar-refractivity contribution in [2.75, 3.05) is 36.4 Å². The summed E-state index contributed by atoms with van der Waals surface area (Å²) < 4.78 is 5.27. The van der Waals surface area contributed by atoms with Crippen LogP contribution in [0.3, 0.4) is 0 Å². The molecule has 1 fully saturated rings. The number of anilines is 2. The number of ether oxygens (including phenoxy) is 1. The van der Waals surface area contributed by atoms with E-state index in [9.17, 15) is 4.79 Å². The first-order valence-corrected chi connectivity index (χ1v) is 8.75. The van der Waals surface area contributed by atoms with Gasteiger partial charge in [-0.15, -0.1) is 0 Å². The molecule has 25 heavy (non-hydrogen) atoms. The summed E-state index contributed by atoms with van der Waals surface area (Å²) in [5.74, 6) is 0.454. The third-order valence-electron chi connectivity index (χ3n) is 3.87. The number of carbonyl (C=O) groups is 1. The summed E-state index contributed by atoms with van der Waals surface area (Å²) in [7, 11) is 0. The molecule has 0 atom stereocenters. The standard InChI is InChI=1S/C18H23ClN4O2/c1-18(2,3)25-17(24)22-16-10-12-9-15(23-6-4-20-5-7-23)14(19)8-13(12)11-21-16/h8-11,20H,4-7H2,1-3H3,(H,21,22,24). The van der Waals surface area contributed by atoms with Gasteiger partial charge in [0.05, 0.1) is 10.7 Å². The highest BCUT2D eigenvalue weighted by Gasteiger charge is 2.17. The van der Waals surface area contributed by atoms with E-state index in [1.54, 1.807) is 6.20 Å². The Kier molecular flexibility index (Phi) is 5.01. The molecule has 1 aliphatic heterocycles. The number of hydrogen-bond donors (Lipinski definition) is 2. The zero-order valence-corrected chi connectivity index (χ0v) is 15.5. The number of carbonyl (C=O) groups excluding carboxylic acids is 1. The summed E-state index contributed by atoms with van der Waals surface area (Å²) in [6.45, 7) is 9.18. The second kappa shape index (κ2) is 7.06. The number of nitrogens with zero attached hydrogens (tertiary/aromatic N) is 2. The zero-order valence-electron chi connectivity index (χ0n) is 14.7. The fraction of sp³-hybridized carbons (Fsp3) is 0.444. The van der Waals surface area contributed by atoms with Crippen LogP contribution < -0.4 is 15.5 Å².